The van der Waals surface area contributed by atoms with Gasteiger partial charge in [-0.15, -0.1) is 12.4 Å². The van der Waals surface area contributed by atoms with Gasteiger partial charge in [-0.05, 0) is 12.5 Å². The van der Waals surface area contributed by atoms with Gasteiger partial charge in [0.05, 0.1) is 13.8 Å². The number of hydrogen-bond acceptors (Lipinski definition) is 3. The van der Waals surface area contributed by atoms with Crippen molar-refractivity contribution in [2.75, 3.05) is 40.0 Å². The molecule has 1 aromatic carbocycles. The molecule has 0 unspecified atom stereocenters. The lowest BCUT2D eigenvalue weighted by molar-refractivity contribution is 0.154. The van der Waals surface area contributed by atoms with Crippen LogP contribution in [0.25, 0.3) is 0 Å². The van der Waals surface area contributed by atoms with Crippen molar-refractivity contribution in [1.82, 2.24) is 10.2 Å². The molecular formula is C14H21ClF2N2O. The number of nitrogens with zero attached hydrogens (tertiary/aromatic N) is 1. The molecule has 1 aliphatic heterocycles. The maximum absolute atomic E-state index is 14.1. The van der Waals surface area contributed by atoms with Crippen molar-refractivity contribution in [3.8, 4) is 5.75 Å². The minimum atomic E-state index is -0.444. The van der Waals surface area contributed by atoms with Crippen LogP contribution < -0.4 is 10.1 Å². The lowest BCUT2D eigenvalue weighted by atomic mass is 10.0. The van der Waals surface area contributed by atoms with Crippen molar-refractivity contribution < 1.29 is 13.5 Å². The summed E-state index contributed by atoms with van der Waals surface area (Å²) in [5.74, 6) is 0.164. The second-order valence-corrected chi connectivity index (χ2v) is 4.67. The van der Waals surface area contributed by atoms with Gasteiger partial charge in [0.25, 0.3) is 0 Å². The molecule has 1 N–H and O–H groups in total. The monoisotopic (exact) mass is 306 g/mol. The average Bonchev–Trinajstić information content (AvgIpc) is 2.46. The maximum atomic E-state index is 14.1. The summed E-state index contributed by atoms with van der Waals surface area (Å²) in [7, 11) is 1.50. The van der Waals surface area contributed by atoms with Gasteiger partial charge in [-0.1, -0.05) is 6.07 Å². The lowest BCUT2D eigenvalue weighted by Gasteiger charge is -2.35. The molecule has 1 heterocycles. The normalized spacial score (nSPS) is 17.4. The van der Waals surface area contributed by atoms with Crippen LogP contribution >= 0.6 is 12.4 Å². The van der Waals surface area contributed by atoms with Crippen LogP contribution in [0.1, 0.15) is 18.0 Å². The Labute approximate surface area is 124 Å². The summed E-state index contributed by atoms with van der Waals surface area (Å²) >= 11 is 0. The van der Waals surface area contributed by atoms with E-state index in [2.05, 4.69) is 10.2 Å². The zero-order valence-corrected chi connectivity index (χ0v) is 12.4. The maximum Gasteiger partial charge on any atom is 0.131 e. The van der Waals surface area contributed by atoms with Crippen molar-refractivity contribution >= 4 is 12.4 Å². The van der Waals surface area contributed by atoms with Crippen molar-refractivity contribution in [3.05, 3.63) is 29.6 Å². The molecule has 6 heteroatoms. The summed E-state index contributed by atoms with van der Waals surface area (Å²) in [6.07, 6.45) is 0.323. The Morgan fingerprint density at radius 3 is 2.60 bits per heavy atom. The SMILES string of the molecule is COc1ccc([C@H](CCF)N2CCNCC2)c(F)c1.Cl. The Bertz CT molecular complexity index is 414. The number of alkyl halides is 1. The Balaban J connectivity index is 0.00000200. The summed E-state index contributed by atoms with van der Waals surface area (Å²) in [6.45, 7) is 2.91. The van der Waals surface area contributed by atoms with Crippen molar-refractivity contribution in [2.24, 2.45) is 0 Å². The Hall–Kier alpha value is -0.910. The first-order valence-corrected chi connectivity index (χ1v) is 6.60. The number of hydrogen-bond donors (Lipinski definition) is 1. The number of benzene rings is 1. The number of nitrogens with one attached hydrogen (secondary N) is 1. The standard InChI is InChI=1S/C14H20F2N2O.ClH/c1-19-11-2-3-12(13(16)10-11)14(4-5-15)18-8-6-17-7-9-18;/h2-3,10,14,17H,4-9H2,1H3;1H/t14-;/m0./s1. The molecule has 1 saturated heterocycles. The van der Waals surface area contributed by atoms with E-state index in [1.54, 1.807) is 12.1 Å². The van der Waals surface area contributed by atoms with E-state index in [0.717, 1.165) is 26.2 Å². The summed E-state index contributed by atoms with van der Waals surface area (Å²) < 4.78 is 31.9. The third-order valence-electron chi connectivity index (χ3n) is 3.54. The quantitative estimate of drug-likeness (QED) is 0.905. The van der Waals surface area contributed by atoms with Crippen LogP contribution in [0.2, 0.25) is 0 Å². The van der Waals surface area contributed by atoms with Crippen molar-refractivity contribution in [2.45, 2.75) is 12.5 Å². The second-order valence-electron chi connectivity index (χ2n) is 4.67. The highest BCUT2D eigenvalue weighted by Gasteiger charge is 2.24. The smallest absolute Gasteiger partial charge is 0.131 e. The van der Waals surface area contributed by atoms with Gasteiger partial charge < -0.3 is 10.1 Å². The molecular weight excluding hydrogens is 286 g/mol. The molecule has 114 valence electrons. The Morgan fingerprint density at radius 2 is 2.05 bits per heavy atom. The van der Waals surface area contributed by atoms with Gasteiger partial charge in [0.2, 0.25) is 0 Å². The predicted molar refractivity (Wildman–Crippen MR) is 78.0 cm³/mol. The number of methoxy groups -OCH3 is 1. The summed E-state index contributed by atoms with van der Waals surface area (Å²) in [5, 5.41) is 3.25. The molecule has 0 amide bonds. The lowest BCUT2D eigenvalue weighted by Crippen LogP contribution is -2.45. The van der Waals surface area contributed by atoms with Crippen LogP contribution in [-0.2, 0) is 0 Å². The van der Waals surface area contributed by atoms with E-state index in [1.807, 2.05) is 0 Å². The fourth-order valence-corrected chi connectivity index (χ4v) is 2.54. The zero-order valence-electron chi connectivity index (χ0n) is 11.6. The molecule has 3 nitrogen and oxygen atoms in total. The first-order chi connectivity index (χ1) is 9.26. The van der Waals surface area contributed by atoms with E-state index < -0.39 is 6.67 Å². The first kappa shape index (κ1) is 17.1. The van der Waals surface area contributed by atoms with Crippen LogP contribution in [0.4, 0.5) is 8.78 Å². The van der Waals surface area contributed by atoms with E-state index in [9.17, 15) is 8.78 Å². The second kappa shape index (κ2) is 8.39. The predicted octanol–water partition coefficient (Wildman–Crippen LogP) is 2.56. The van der Waals surface area contributed by atoms with Crippen LogP contribution in [0.15, 0.2) is 18.2 Å². The van der Waals surface area contributed by atoms with Gasteiger partial charge in [0.15, 0.2) is 0 Å². The van der Waals surface area contributed by atoms with Crippen molar-refractivity contribution in [1.29, 1.82) is 0 Å². The third kappa shape index (κ3) is 4.04. The van der Waals surface area contributed by atoms with E-state index >= 15 is 0 Å². The molecule has 1 aromatic rings. The number of piperazine rings is 1. The largest absolute Gasteiger partial charge is 0.497 e. The third-order valence-corrected chi connectivity index (χ3v) is 3.54. The highest BCUT2D eigenvalue weighted by atomic mass is 35.5. The number of halogens is 3. The molecule has 0 saturated carbocycles. The van der Waals surface area contributed by atoms with Crippen LogP contribution in [0.5, 0.6) is 5.75 Å². The number of ether oxygens (including phenoxy) is 1. The average molecular weight is 307 g/mol. The van der Waals surface area contributed by atoms with Gasteiger partial charge in [-0.3, -0.25) is 9.29 Å². The van der Waals surface area contributed by atoms with Gasteiger partial charge in [-0.2, -0.15) is 0 Å². The van der Waals surface area contributed by atoms with Crippen LogP contribution in [0, 0.1) is 5.82 Å². The highest BCUT2D eigenvalue weighted by Crippen LogP contribution is 2.29. The molecule has 0 radical (unpaired) electrons. The molecule has 0 aliphatic carbocycles. The fraction of sp³-hybridized carbons (Fsp3) is 0.571. The number of rotatable bonds is 5. The van der Waals surface area contributed by atoms with E-state index in [4.69, 9.17) is 4.74 Å². The highest BCUT2D eigenvalue weighted by molar-refractivity contribution is 5.85. The molecule has 2 rings (SSSR count). The first-order valence-electron chi connectivity index (χ1n) is 6.60. The fourth-order valence-electron chi connectivity index (χ4n) is 2.54. The van der Waals surface area contributed by atoms with Crippen LogP contribution in [-0.4, -0.2) is 44.9 Å². The topological polar surface area (TPSA) is 24.5 Å². The van der Waals surface area contributed by atoms with E-state index in [1.165, 1.54) is 13.2 Å². The molecule has 1 aliphatic rings. The summed E-state index contributed by atoms with van der Waals surface area (Å²) in [4.78, 5) is 2.14. The Morgan fingerprint density at radius 1 is 1.35 bits per heavy atom. The van der Waals surface area contributed by atoms with Gasteiger partial charge in [-0.25, -0.2) is 4.39 Å². The molecule has 0 bridgehead atoms. The molecule has 1 atom stereocenters. The Kier molecular flexibility index (Phi) is 7.19. The minimum Gasteiger partial charge on any atom is -0.497 e. The van der Waals surface area contributed by atoms with Gasteiger partial charge in [0.1, 0.15) is 11.6 Å². The molecule has 20 heavy (non-hydrogen) atoms. The van der Waals surface area contributed by atoms with Crippen molar-refractivity contribution in [3.63, 3.8) is 0 Å². The van der Waals surface area contributed by atoms with Crippen LogP contribution in [0.3, 0.4) is 0 Å². The molecule has 0 spiro atoms. The minimum absolute atomic E-state index is 0. The zero-order chi connectivity index (χ0) is 13.7. The van der Waals surface area contributed by atoms with E-state index in [0.29, 0.717) is 17.7 Å². The summed E-state index contributed by atoms with van der Waals surface area (Å²) in [5.41, 5.74) is 0.556. The van der Waals surface area contributed by atoms with Gasteiger partial charge >= 0.3 is 0 Å². The summed E-state index contributed by atoms with van der Waals surface area (Å²) in [6, 6.07) is 4.60. The van der Waals surface area contributed by atoms with E-state index in [-0.39, 0.29) is 24.3 Å². The molecule has 0 aromatic heterocycles. The molecule has 1 fully saturated rings. The van der Waals surface area contributed by atoms with Gasteiger partial charge in [0, 0.05) is 43.9 Å².